The molecule has 3 aromatic heterocycles. The molecule has 0 spiro atoms. The predicted octanol–water partition coefficient (Wildman–Crippen LogP) is 3.21. The van der Waals surface area contributed by atoms with Crippen LogP contribution in [0, 0.1) is 5.82 Å². The molecule has 0 atom stereocenters. The van der Waals surface area contributed by atoms with E-state index in [4.69, 9.17) is 0 Å². The average molecular weight is 384 g/mol. The van der Waals surface area contributed by atoms with E-state index in [1.165, 1.54) is 0 Å². The first kappa shape index (κ1) is 18.3. The summed E-state index contributed by atoms with van der Waals surface area (Å²) in [4.78, 5) is 27.0. The van der Waals surface area contributed by atoms with Crippen molar-refractivity contribution >= 4 is 22.8 Å². The van der Waals surface area contributed by atoms with Crippen LogP contribution in [0.4, 0.5) is 10.2 Å². The number of halogens is 1. The number of carboxylic acids is 1. The zero-order valence-corrected chi connectivity index (χ0v) is 15.2. The lowest BCUT2D eigenvalue weighted by Crippen LogP contribution is -2.44. The van der Waals surface area contributed by atoms with Crippen LogP contribution in [0.15, 0.2) is 30.7 Å². The Morgan fingerprint density at radius 3 is 2.93 bits per heavy atom. The summed E-state index contributed by atoms with van der Waals surface area (Å²) in [7, 11) is 0. The Morgan fingerprint density at radius 2 is 2.14 bits per heavy atom. The summed E-state index contributed by atoms with van der Waals surface area (Å²) in [5.41, 5.74) is 4.29. The number of aliphatic carboxylic acids is 1. The van der Waals surface area contributed by atoms with Crippen LogP contribution >= 0.6 is 0 Å². The van der Waals surface area contributed by atoms with Gasteiger partial charge in [-0.25, -0.2) is 24.4 Å². The molecule has 0 bridgehead atoms. The fraction of sp³-hybridized carbons (Fsp3) is 0.368. The molecule has 0 aromatic carbocycles. The highest BCUT2D eigenvalue weighted by Gasteiger charge is 2.25. The van der Waals surface area contributed by atoms with Gasteiger partial charge in [-0.2, -0.15) is 0 Å². The van der Waals surface area contributed by atoms with E-state index in [9.17, 15) is 14.3 Å². The molecule has 1 fully saturated rings. The second-order valence-electron chi connectivity index (χ2n) is 6.92. The van der Waals surface area contributed by atoms with E-state index in [2.05, 4.69) is 25.4 Å². The summed E-state index contributed by atoms with van der Waals surface area (Å²) in [5.74, 6) is -1.31. The maximum absolute atomic E-state index is 14.4. The highest BCUT2D eigenvalue weighted by Crippen LogP contribution is 2.27. The fourth-order valence-corrected chi connectivity index (χ4v) is 3.65. The molecule has 0 unspecified atom stereocenters. The molecule has 4 rings (SSSR count). The molecular formula is C19H21FN6O2. The van der Waals surface area contributed by atoms with E-state index in [0.717, 1.165) is 43.7 Å². The number of nitrogens with zero attached hydrogens (tertiary/aromatic N) is 4. The van der Waals surface area contributed by atoms with Crippen molar-refractivity contribution in [2.24, 2.45) is 0 Å². The van der Waals surface area contributed by atoms with Crippen LogP contribution in [0.5, 0.6) is 0 Å². The van der Waals surface area contributed by atoms with Gasteiger partial charge in [0.25, 0.3) is 0 Å². The molecule has 1 aliphatic carbocycles. The lowest BCUT2D eigenvalue weighted by atomic mass is 9.95. The van der Waals surface area contributed by atoms with Crippen molar-refractivity contribution in [3.05, 3.63) is 36.5 Å². The average Bonchev–Trinajstić information content (AvgIpc) is 3.13. The summed E-state index contributed by atoms with van der Waals surface area (Å²) >= 11 is 0. The van der Waals surface area contributed by atoms with E-state index >= 15 is 0 Å². The Hall–Kier alpha value is -3.07. The minimum Gasteiger partial charge on any atom is -0.480 e. The number of fused-ring (bicyclic) bond motifs is 1. The van der Waals surface area contributed by atoms with Crippen LogP contribution < -0.4 is 5.43 Å². The number of hydrogen-bond acceptors (Lipinski definition) is 6. The van der Waals surface area contributed by atoms with Crippen LogP contribution in [0.25, 0.3) is 22.4 Å². The van der Waals surface area contributed by atoms with Crippen molar-refractivity contribution in [2.75, 3.05) is 12.0 Å². The quantitative estimate of drug-likeness (QED) is 0.560. The van der Waals surface area contributed by atoms with Crippen molar-refractivity contribution in [3.8, 4) is 11.4 Å². The van der Waals surface area contributed by atoms with Gasteiger partial charge in [-0.1, -0.05) is 19.3 Å². The number of hydrogen-bond donors (Lipinski definition) is 3. The lowest BCUT2D eigenvalue weighted by Gasteiger charge is -2.33. The summed E-state index contributed by atoms with van der Waals surface area (Å²) in [6.45, 7) is -0.236. The maximum atomic E-state index is 14.4. The first-order valence-electron chi connectivity index (χ1n) is 9.32. The number of aromatic amines is 1. The minimum absolute atomic E-state index is 0.0277. The topological polar surface area (TPSA) is 107 Å². The Balaban J connectivity index is 1.65. The van der Waals surface area contributed by atoms with E-state index in [1.807, 2.05) is 6.07 Å². The van der Waals surface area contributed by atoms with Gasteiger partial charge in [-0.3, -0.25) is 10.2 Å². The van der Waals surface area contributed by atoms with Crippen molar-refractivity contribution in [1.82, 2.24) is 24.9 Å². The maximum Gasteiger partial charge on any atom is 0.319 e. The summed E-state index contributed by atoms with van der Waals surface area (Å²) in [6, 6.07) is 3.72. The summed E-state index contributed by atoms with van der Waals surface area (Å²) in [6.07, 6.45) is 9.43. The number of pyridine rings is 1. The van der Waals surface area contributed by atoms with E-state index < -0.39 is 11.8 Å². The largest absolute Gasteiger partial charge is 0.480 e. The second-order valence-corrected chi connectivity index (χ2v) is 6.92. The molecule has 3 heterocycles. The third kappa shape index (κ3) is 3.79. The molecule has 0 aliphatic heterocycles. The van der Waals surface area contributed by atoms with Gasteiger partial charge in [0.1, 0.15) is 12.2 Å². The van der Waals surface area contributed by atoms with Crippen LogP contribution in [0.2, 0.25) is 0 Å². The molecule has 0 saturated heterocycles. The van der Waals surface area contributed by atoms with E-state index in [-0.39, 0.29) is 18.4 Å². The Labute approximate surface area is 160 Å². The Kier molecular flexibility index (Phi) is 5.16. The van der Waals surface area contributed by atoms with Gasteiger partial charge >= 0.3 is 5.97 Å². The predicted molar refractivity (Wildman–Crippen MR) is 102 cm³/mol. The van der Waals surface area contributed by atoms with Crippen LogP contribution in [-0.4, -0.2) is 48.6 Å². The molecule has 8 nitrogen and oxygen atoms in total. The van der Waals surface area contributed by atoms with E-state index in [1.54, 1.807) is 23.5 Å². The number of nitrogens with one attached hydrogen (secondary N) is 2. The molecule has 28 heavy (non-hydrogen) atoms. The van der Waals surface area contributed by atoms with Crippen molar-refractivity contribution in [1.29, 1.82) is 0 Å². The second kappa shape index (κ2) is 7.89. The molecular weight excluding hydrogens is 363 g/mol. The molecule has 0 radical (unpaired) electrons. The van der Waals surface area contributed by atoms with Gasteiger partial charge in [0, 0.05) is 29.4 Å². The minimum atomic E-state index is -0.976. The number of H-pyrrole nitrogens is 1. The molecule has 3 aromatic rings. The van der Waals surface area contributed by atoms with Gasteiger partial charge in [0.2, 0.25) is 0 Å². The molecule has 1 aliphatic rings. The third-order valence-electron chi connectivity index (χ3n) is 5.01. The standard InChI is InChI=1S/C19H21FN6O2/c20-15-10-23-18(14-9-22-17-13(14)7-4-8-21-17)24-19(15)25-26(11-16(27)28)12-5-2-1-3-6-12/h4,7-10,12H,1-3,5-6,11H2,(H,21,22)(H,27,28)(H,23,24,25). The van der Waals surface area contributed by atoms with Gasteiger partial charge in [-0.15, -0.1) is 0 Å². The van der Waals surface area contributed by atoms with Crippen LogP contribution in [0.1, 0.15) is 32.1 Å². The monoisotopic (exact) mass is 384 g/mol. The Morgan fingerprint density at radius 1 is 1.32 bits per heavy atom. The highest BCUT2D eigenvalue weighted by atomic mass is 19.1. The molecule has 9 heteroatoms. The molecule has 0 amide bonds. The number of carbonyl (C=O) groups is 1. The number of aromatic nitrogens is 4. The molecule has 3 N–H and O–H groups in total. The van der Waals surface area contributed by atoms with Gasteiger partial charge in [-0.05, 0) is 25.0 Å². The lowest BCUT2D eigenvalue weighted by molar-refractivity contribution is -0.138. The summed E-state index contributed by atoms with van der Waals surface area (Å²) < 4.78 is 14.4. The zero-order valence-electron chi connectivity index (χ0n) is 15.2. The van der Waals surface area contributed by atoms with Crippen molar-refractivity contribution in [3.63, 3.8) is 0 Å². The number of hydrazine groups is 1. The molecule has 146 valence electrons. The van der Waals surface area contributed by atoms with Gasteiger partial charge in [0.05, 0.1) is 6.20 Å². The van der Waals surface area contributed by atoms with Gasteiger partial charge in [0.15, 0.2) is 17.5 Å². The normalized spacial score (nSPS) is 15.2. The first-order valence-corrected chi connectivity index (χ1v) is 9.32. The number of carboxylic acid groups (broad SMARTS) is 1. The van der Waals surface area contributed by atoms with Crippen LogP contribution in [-0.2, 0) is 4.79 Å². The number of rotatable bonds is 6. The van der Waals surface area contributed by atoms with Crippen molar-refractivity contribution < 1.29 is 14.3 Å². The fourth-order valence-electron chi connectivity index (χ4n) is 3.65. The molecule has 1 saturated carbocycles. The van der Waals surface area contributed by atoms with Crippen LogP contribution in [0.3, 0.4) is 0 Å². The highest BCUT2D eigenvalue weighted by molar-refractivity contribution is 5.91. The van der Waals surface area contributed by atoms with E-state index in [0.29, 0.717) is 17.0 Å². The SMILES string of the molecule is O=C(O)CN(Nc1nc(-c2c[nH]c3ncccc23)ncc1F)C1CCCCC1. The Bertz CT molecular complexity index is 985. The van der Waals surface area contributed by atoms with Crippen molar-refractivity contribution in [2.45, 2.75) is 38.1 Å². The zero-order chi connectivity index (χ0) is 19.5. The van der Waals surface area contributed by atoms with Gasteiger partial charge < -0.3 is 10.1 Å². The smallest absolute Gasteiger partial charge is 0.319 e. The first-order chi connectivity index (χ1) is 13.6. The summed E-state index contributed by atoms with van der Waals surface area (Å²) in [5, 5.41) is 11.7. The third-order valence-corrected chi connectivity index (χ3v) is 5.01. The number of anilines is 1.